The van der Waals surface area contributed by atoms with Gasteiger partial charge >= 0.3 is 6.36 Å². The van der Waals surface area contributed by atoms with Gasteiger partial charge in [0.2, 0.25) is 15.9 Å². The van der Waals surface area contributed by atoms with E-state index in [0.717, 1.165) is 24.3 Å². The summed E-state index contributed by atoms with van der Waals surface area (Å²) in [4.78, 5) is 11.5. The van der Waals surface area contributed by atoms with E-state index in [2.05, 4.69) is 20.3 Å². The molecule has 12 heteroatoms. The molecule has 0 heterocycles. The van der Waals surface area contributed by atoms with Crippen molar-refractivity contribution in [3.63, 3.8) is 0 Å². The molecular formula is C16H15ClF3N3O4S. The van der Waals surface area contributed by atoms with Crippen molar-refractivity contribution < 1.29 is 31.1 Å². The van der Waals surface area contributed by atoms with E-state index in [0.29, 0.717) is 10.7 Å². The molecule has 0 spiro atoms. The van der Waals surface area contributed by atoms with Crippen LogP contribution in [0.3, 0.4) is 0 Å². The summed E-state index contributed by atoms with van der Waals surface area (Å²) >= 11 is 5.80. The summed E-state index contributed by atoms with van der Waals surface area (Å²) in [6.07, 6.45) is -5.05. The Morgan fingerprint density at radius 3 is 2.39 bits per heavy atom. The maximum absolute atomic E-state index is 12.1. The number of anilines is 1. The standard InChI is InChI=1S/C16H15ClF3N3O4S/c17-11-2-1-3-12(10-11)22-23-15(24)8-9-21-28(25,26)14-6-4-13(5-7-14)27-16(18,19)20/h1-7,10,21-22H,8-9H2,(H,23,24). The first-order valence-electron chi connectivity index (χ1n) is 7.71. The molecule has 0 aliphatic carbocycles. The lowest BCUT2D eigenvalue weighted by Crippen LogP contribution is -2.33. The van der Waals surface area contributed by atoms with E-state index in [-0.39, 0.29) is 17.9 Å². The smallest absolute Gasteiger partial charge is 0.406 e. The number of rotatable bonds is 8. The Labute approximate surface area is 163 Å². The van der Waals surface area contributed by atoms with Crippen LogP contribution in [0, 0.1) is 0 Å². The molecule has 0 aliphatic heterocycles. The van der Waals surface area contributed by atoms with E-state index in [1.165, 1.54) is 0 Å². The van der Waals surface area contributed by atoms with E-state index in [9.17, 15) is 26.4 Å². The Bertz CT molecular complexity index is 921. The fraction of sp³-hybridized carbons (Fsp3) is 0.188. The van der Waals surface area contributed by atoms with Crippen molar-refractivity contribution in [3.05, 3.63) is 53.6 Å². The van der Waals surface area contributed by atoms with Gasteiger partial charge in [0.05, 0.1) is 10.6 Å². The Balaban J connectivity index is 1.81. The first kappa shape index (κ1) is 21.8. The number of amides is 1. The molecule has 0 saturated heterocycles. The van der Waals surface area contributed by atoms with Crippen LogP contribution in [0.4, 0.5) is 18.9 Å². The molecule has 3 N–H and O–H groups in total. The van der Waals surface area contributed by atoms with E-state index < -0.39 is 28.0 Å². The zero-order valence-corrected chi connectivity index (χ0v) is 15.7. The van der Waals surface area contributed by atoms with Crippen LogP contribution in [0.1, 0.15) is 6.42 Å². The Morgan fingerprint density at radius 2 is 1.79 bits per heavy atom. The largest absolute Gasteiger partial charge is 0.573 e. The first-order chi connectivity index (χ1) is 13.0. The van der Waals surface area contributed by atoms with Crippen molar-refractivity contribution in [3.8, 4) is 5.75 Å². The molecule has 0 fully saturated rings. The van der Waals surface area contributed by atoms with Crippen molar-refractivity contribution in [1.29, 1.82) is 0 Å². The van der Waals surface area contributed by atoms with Crippen LogP contribution in [0.2, 0.25) is 5.02 Å². The minimum atomic E-state index is -4.87. The molecule has 0 aromatic heterocycles. The highest BCUT2D eigenvalue weighted by molar-refractivity contribution is 7.89. The second-order valence-corrected chi connectivity index (χ2v) is 7.55. The second-order valence-electron chi connectivity index (χ2n) is 5.35. The van der Waals surface area contributed by atoms with Crippen LogP contribution in [0.25, 0.3) is 0 Å². The van der Waals surface area contributed by atoms with Crippen LogP contribution in [0.5, 0.6) is 5.75 Å². The van der Waals surface area contributed by atoms with Crippen molar-refractivity contribution in [1.82, 2.24) is 10.1 Å². The summed E-state index contributed by atoms with van der Waals surface area (Å²) in [7, 11) is -3.99. The van der Waals surface area contributed by atoms with Gasteiger partial charge in [-0.05, 0) is 42.5 Å². The van der Waals surface area contributed by atoms with Gasteiger partial charge in [-0.15, -0.1) is 13.2 Å². The van der Waals surface area contributed by atoms with Crippen molar-refractivity contribution in [2.24, 2.45) is 0 Å². The number of halogens is 4. The third-order valence-electron chi connectivity index (χ3n) is 3.18. The monoisotopic (exact) mass is 437 g/mol. The summed E-state index contributed by atoms with van der Waals surface area (Å²) in [6, 6.07) is 10.3. The summed E-state index contributed by atoms with van der Waals surface area (Å²) in [5, 5.41) is 0.471. The van der Waals surface area contributed by atoms with Gasteiger partial charge < -0.3 is 4.74 Å². The van der Waals surface area contributed by atoms with Crippen molar-refractivity contribution in [2.75, 3.05) is 12.0 Å². The summed E-state index contributed by atoms with van der Waals surface area (Å²) < 4.78 is 66.4. The molecule has 1 amide bonds. The molecular weight excluding hydrogens is 423 g/mol. The van der Waals surface area contributed by atoms with Gasteiger partial charge in [-0.1, -0.05) is 17.7 Å². The Morgan fingerprint density at radius 1 is 1.11 bits per heavy atom. The number of ether oxygens (including phenoxy) is 1. The lowest BCUT2D eigenvalue weighted by Gasteiger charge is -2.11. The number of alkyl halides is 3. The molecule has 0 aliphatic rings. The average Bonchev–Trinajstić information content (AvgIpc) is 2.59. The van der Waals surface area contributed by atoms with Gasteiger partial charge in [0.15, 0.2) is 0 Å². The zero-order chi connectivity index (χ0) is 20.8. The van der Waals surface area contributed by atoms with Crippen LogP contribution >= 0.6 is 11.6 Å². The SMILES string of the molecule is O=C(CCNS(=O)(=O)c1ccc(OC(F)(F)F)cc1)NNc1cccc(Cl)c1. The molecule has 0 atom stereocenters. The van der Waals surface area contributed by atoms with Crippen LogP contribution < -0.4 is 20.3 Å². The number of carbonyl (C=O) groups is 1. The predicted octanol–water partition coefficient (Wildman–Crippen LogP) is 3.05. The Hall–Kier alpha value is -2.50. The maximum atomic E-state index is 12.1. The molecule has 2 rings (SSSR count). The molecule has 0 saturated carbocycles. The topological polar surface area (TPSA) is 96.5 Å². The first-order valence-corrected chi connectivity index (χ1v) is 9.57. The number of benzene rings is 2. The minimum absolute atomic E-state index is 0.179. The van der Waals surface area contributed by atoms with Crippen LogP contribution in [0.15, 0.2) is 53.4 Å². The van der Waals surface area contributed by atoms with E-state index in [4.69, 9.17) is 11.6 Å². The third-order valence-corrected chi connectivity index (χ3v) is 4.89. The lowest BCUT2D eigenvalue weighted by molar-refractivity contribution is -0.274. The molecule has 2 aromatic carbocycles. The highest BCUT2D eigenvalue weighted by atomic mass is 35.5. The van der Waals surface area contributed by atoms with Crippen molar-refractivity contribution >= 4 is 33.2 Å². The van der Waals surface area contributed by atoms with Gasteiger partial charge in [-0.25, -0.2) is 13.1 Å². The van der Waals surface area contributed by atoms with E-state index >= 15 is 0 Å². The summed E-state index contributed by atoms with van der Waals surface area (Å²) in [5.41, 5.74) is 5.54. The summed E-state index contributed by atoms with van der Waals surface area (Å²) in [5.74, 6) is -1.03. The van der Waals surface area contributed by atoms with Gasteiger partial charge in [-0.3, -0.25) is 15.6 Å². The normalized spacial score (nSPS) is 11.7. The van der Waals surface area contributed by atoms with Gasteiger partial charge in [-0.2, -0.15) is 0 Å². The second kappa shape index (κ2) is 9.13. The average molecular weight is 438 g/mol. The number of nitrogens with one attached hydrogen (secondary N) is 3. The number of carbonyl (C=O) groups excluding carboxylic acids is 1. The highest BCUT2D eigenvalue weighted by Crippen LogP contribution is 2.23. The number of hydrogen-bond acceptors (Lipinski definition) is 5. The van der Waals surface area contributed by atoms with Crippen LogP contribution in [-0.4, -0.2) is 27.2 Å². The van der Waals surface area contributed by atoms with Gasteiger partial charge in [0, 0.05) is 18.0 Å². The quantitative estimate of drug-likeness (QED) is 0.552. The molecule has 2 aromatic rings. The fourth-order valence-electron chi connectivity index (χ4n) is 1.97. The zero-order valence-electron chi connectivity index (χ0n) is 14.1. The molecule has 0 unspecified atom stereocenters. The minimum Gasteiger partial charge on any atom is -0.406 e. The molecule has 0 radical (unpaired) electrons. The highest BCUT2D eigenvalue weighted by Gasteiger charge is 2.31. The molecule has 0 bridgehead atoms. The number of hydrogen-bond donors (Lipinski definition) is 3. The third kappa shape index (κ3) is 7.25. The van der Waals surface area contributed by atoms with Crippen LogP contribution in [-0.2, 0) is 14.8 Å². The maximum Gasteiger partial charge on any atom is 0.573 e. The molecule has 152 valence electrons. The predicted molar refractivity (Wildman–Crippen MR) is 96.1 cm³/mol. The molecule has 28 heavy (non-hydrogen) atoms. The van der Waals surface area contributed by atoms with Crippen molar-refractivity contribution in [2.45, 2.75) is 17.7 Å². The number of sulfonamides is 1. The Kier molecular flexibility index (Phi) is 7.11. The fourth-order valence-corrected chi connectivity index (χ4v) is 3.20. The van der Waals surface area contributed by atoms with E-state index in [1.807, 2.05) is 0 Å². The van der Waals surface area contributed by atoms with Gasteiger partial charge in [0.25, 0.3) is 0 Å². The summed E-state index contributed by atoms with van der Waals surface area (Å²) in [6.45, 7) is -0.216. The lowest BCUT2D eigenvalue weighted by atomic mass is 10.3. The van der Waals surface area contributed by atoms with Gasteiger partial charge in [0.1, 0.15) is 5.75 Å². The molecule has 7 nitrogen and oxygen atoms in total. The number of hydrazine groups is 1. The van der Waals surface area contributed by atoms with E-state index in [1.54, 1.807) is 24.3 Å².